The Bertz CT molecular complexity index is 984. The molecule has 0 N–H and O–H groups in total. The van der Waals surface area contributed by atoms with Gasteiger partial charge in [0.25, 0.3) is 22.8 Å². The van der Waals surface area contributed by atoms with Crippen molar-refractivity contribution in [2.24, 2.45) is 11.8 Å². The lowest BCUT2D eigenvalue weighted by atomic mass is 9.69. The average Bonchev–Trinajstić information content (AvgIpc) is 3.61. The van der Waals surface area contributed by atoms with Gasteiger partial charge in [0.15, 0.2) is 0 Å². The van der Waals surface area contributed by atoms with Gasteiger partial charge in [0.1, 0.15) is 12.2 Å². The summed E-state index contributed by atoms with van der Waals surface area (Å²) in [5.74, 6) is -10.7. The summed E-state index contributed by atoms with van der Waals surface area (Å²) in [7, 11) is 9.20. The first-order valence-corrected chi connectivity index (χ1v) is 11.2. The van der Waals surface area contributed by atoms with Crippen molar-refractivity contribution in [1.29, 1.82) is 0 Å². The van der Waals surface area contributed by atoms with Gasteiger partial charge in [-0.3, -0.25) is 0 Å². The Kier molecular flexibility index (Phi) is 5.38. The molecule has 2 saturated carbocycles. The minimum absolute atomic E-state index is 0.984. The number of rotatable bonds is 8. The molecule has 0 radical (unpaired) electrons. The van der Waals surface area contributed by atoms with Gasteiger partial charge in [0, 0.05) is 40.3 Å². The highest BCUT2D eigenvalue weighted by Crippen LogP contribution is 2.81. The van der Waals surface area contributed by atoms with E-state index in [1.807, 2.05) is 0 Å². The molecule has 2 aliphatic carbocycles. The van der Waals surface area contributed by atoms with Crippen molar-refractivity contribution >= 4 is 23.9 Å². The normalized spacial score (nSPS) is 44.5. The van der Waals surface area contributed by atoms with Crippen LogP contribution < -0.4 is 0 Å². The summed E-state index contributed by atoms with van der Waals surface area (Å²) in [6.07, 6.45) is -2.70. The molecule has 7 aliphatic rings. The summed E-state index contributed by atoms with van der Waals surface area (Å²) in [6, 6.07) is 0. The Hall–Kier alpha value is -2.40. The van der Waals surface area contributed by atoms with Gasteiger partial charge in [0.2, 0.25) is 11.2 Å². The van der Waals surface area contributed by atoms with Gasteiger partial charge in [-0.25, -0.2) is 19.2 Å². The molecule has 0 aromatic heterocycles. The highest BCUT2D eigenvalue weighted by atomic mass is 16.8. The van der Waals surface area contributed by atoms with E-state index in [0.717, 1.165) is 28.4 Å². The predicted molar refractivity (Wildman–Crippen MR) is 110 cm³/mol. The van der Waals surface area contributed by atoms with Gasteiger partial charge in [-0.05, 0) is 0 Å². The first-order valence-electron chi connectivity index (χ1n) is 11.2. The molecule has 15 nitrogen and oxygen atoms in total. The minimum atomic E-state index is -2.18. The predicted octanol–water partition coefficient (Wildman–Crippen LogP) is -2.30. The summed E-state index contributed by atoms with van der Waals surface area (Å²) in [5.41, 5.74) is -8.68. The van der Waals surface area contributed by atoms with E-state index < -0.39 is 81.9 Å². The van der Waals surface area contributed by atoms with Crippen LogP contribution in [0.25, 0.3) is 0 Å². The lowest BCUT2D eigenvalue weighted by Crippen LogP contribution is -2.85. The molecule has 0 aromatic rings. The Morgan fingerprint density at radius 3 is 1.00 bits per heavy atom. The fourth-order valence-corrected chi connectivity index (χ4v) is 7.83. The molecule has 0 spiro atoms. The molecular formula is C22H28O15. The third-order valence-electron chi connectivity index (χ3n) is 8.78. The molecule has 37 heavy (non-hydrogen) atoms. The van der Waals surface area contributed by atoms with E-state index in [1.54, 1.807) is 0 Å². The van der Waals surface area contributed by atoms with Crippen LogP contribution >= 0.6 is 0 Å². The summed E-state index contributed by atoms with van der Waals surface area (Å²) in [6.45, 7) is 0. The largest absolute Gasteiger partial charge is 0.467 e. The van der Waals surface area contributed by atoms with Crippen molar-refractivity contribution in [2.75, 3.05) is 56.9 Å². The van der Waals surface area contributed by atoms with Gasteiger partial charge in [-0.1, -0.05) is 0 Å². The second-order valence-corrected chi connectivity index (χ2v) is 9.19. The topological polar surface area (TPSA) is 170 Å². The number of methoxy groups -OCH3 is 8. The lowest BCUT2D eigenvalue weighted by Gasteiger charge is -2.59. The number of esters is 4. The van der Waals surface area contributed by atoms with Crippen LogP contribution in [0.2, 0.25) is 0 Å². The lowest BCUT2D eigenvalue weighted by molar-refractivity contribution is -0.452. The van der Waals surface area contributed by atoms with E-state index in [2.05, 4.69) is 0 Å². The Morgan fingerprint density at radius 1 is 0.486 bits per heavy atom. The van der Waals surface area contributed by atoms with Crippen LogP contribution in [-0.2, 0) is 71.3 Å². The van der Waals surface area contributed by atoms with Gasteiger partial charge in [-0.2, -0.15) is 0 Å². The zero-order valence-corrected chi connectivity index (χ0v) is 21.4. The maximum absolute atomic E-state index is 13.5. The summed E-state index contributed by atoms with van der Waals surface area (Å²) in [5, 5.41) is 0. The van der Waals surface area contributed by atoms with E-state index in [9.17, 15) is 19.2 Å². The quantitative estimate of drug-likeness (QED) is 0.186. The molecule has 0 unspecified atom stereocenters. The van der Waals surface area contributed by atoms with Crippen LogP contribution in [0, 0.1) is 11.8 Å². The summed E-state index contributed by atoms with van der Waals surface area (Å²) < 4.78 is 61.3. The van der Waals surface area contributed by atoms with E-state index >= 15 is 0 Å². The van der Waals surface area contributed by atoms with Crippen molar-refractivity contribution in [2.45, 2.75) is 46.2 Å². The minimum Gasteiger partial charge on any atom is -0.467 e. The smallest absolute Gasteiger partial charge is 0.346 e. The first-order chi connectivity index (χ1) is 17.6. The zero-order valence-electron chi connectivity index (χ0n) is 21.4. The molecule has 4 bridgehead atoms. The second kappa shape index (κ2) is 7.59. The van der Waals surface area contributed by atoms with E-state index in [4.69, 9.17) is 52.1 Å². The summed E-state index contributed by atoms with van der Waals surface area (Å²) in [4.78, 5) is 53.6. The van der Waals surface area contributed by atoms with Crippen molar-refractivity contribution < 1.29 is 71.3 Å². The van der Waals surface area contributed by atoms with Crippen LogP contribution in [0.1, 0.15) is 0 Å². The first kappa shape index (κ1) is 26.2. The number of hydrogen-bond donors (Lipinski definition) is 0. The van der Waals surface area contributed by atoms with E-state index in [-0.39, 0.29) is 0 Å². The highest BCUT2D eigenvalue weighted by molar-refractivity contribution is 5.99. The number of ether oxygens (including phenoxy) is 11. The molecular weight excluding hydrogens is 504 g/mol. The number of hydrogen-bond acceptors (Lipinski definition) is 15. The third kappa shape index (κ3) is 2.00. The molecule has 0 aromatic carbocycles. The second-order valence-electron chi connectivity index (χ2n) is 9.19. The molecule has 15 heteroatoms. The Morgan fingerprint density at radius 2 is 0.757 bits per heavy atom. The van der Waals surface area contributed by atoms with Crippen LogP contribution in [-0.4, -0.2) is 127 Å². The molecule has 5 heterocycles. The zero-order chi connectivity index (χ0) is 27.4. The molecule has 5 saturated heterocycles. The molecule has 5 aliphatic heterocycles. The fourth-order valence-electron chi connectivity index (χ4n) is 7.83. The van der Waals surface area contributed by atoms with E-state index in [1.165, 1.54) is 28.4 Å². The van der Waals surface area contributed by atoms with Gasteiger partial charge in [0.05, 0.1) is 28.4 Å². The van der Waals surface area contributed by atoms with Crippen LogP contribution in [0.3, 0.4) is 0 Å². The molecule has 7 rings (SSSR count). The van der Waals surface area contributed by atoms with Gasteiger partial charge < -0.3 is 52.1 Å². The van der Waals surface area contributed by atoms with E-state index in [0.29, 0.717) is 0 Å². The van der Waals surface area contributed by atoms with Crippen LogP contribution in [0.15, 0.2) is 0 Å². The maximum Gasteiger partial charge on any atom is 0.346 e. The Balaban J connectivity index is 1.82. The Labute approximate surface area is 210 Å². The molecule has 7 fully saturated rings. The van der Waals surface area contributed by atoms with Crippen molar-refractivity contribution in [1.82, 2.24) is 0 Å². The van der Waals surface area contributed by atoms with Gasteiger partial charge in [-0.15, -0.1) is 0 Å². The molecule has 0 amide bonds. The van der Waals surface area contributed by atoms with Crippen molar-refractivity contribution in [3.8, 4) is 0 Å². The fraction of sp³-hybridized carbons (Fsp3) is 0.818. The number of carbonyl (C=O) groups is 4. The monoisotopic (exact) mass is 532 g/mol. The standard InChI is InChI=1S/C22H28O15/c1-27-13(23)17-9-10-12(35-11(9)19(36-17,15(25)29-3)21(17,31-5)32-6)20(16(26)30-4)22(33-7,34-8)18(10,37-20)14(24)28-2/h9-12H,1-8H3/t9-,10+,11+,12-,17+,18-,19-,20+. The highest BCUT2D eigenvalue weighted by Gasteiger charge is 3.07. The van der Waals surface area contributed by atoms with Gasteiger partial charge >= 0.3 is 23.9 Å². The van der Waals surface area contributed by atoms with Crippen molar-refractivity contribution in [3.63, 3.8) is 0 Å². The number of carbonyl (C=O) groups excluding carboxylic acids is 4. The van der Waals surface area contributed by atoms with Crippen molar-refractivity contribution in [3.05, 3.63) is 0 Å². The van der Waals surface area contributed by atoms with Crippen LogP contribution in [0.5, 0.6) is 0 Å². The SMILES string of the molecule is COC(=O)[C@@]12O[C@@](C(=O)OC)([C@H]3[C@@H]4[C@H](O[C@H]31)[C@]1(C(=O)OC)O[C@@]4(C(=O)OC)C1(OC)OC)C2(OC)OC. The molecule has 8 atom stereocenters. The van der Waals surface area contributed by atoms with Crippen LogP contribution in [0.4, 0.5) is 0 Å². The third-order valence-corrected chi connectivity index (χ3v) is 8.78. The summed E-state index contributed by atoms with van der Waals surface area (Å²) >= 11 is 0. The molecule has 206 valence electrons. The maximum atomic E-state index is 13.5. The average molecular weight is 532 g/mol.